The Balaban J connectivity index is 1.61. The first kappa shape index (κ1) is 18.5. The fourth-order valence-corrected chi connectivity index (χ4v) is 3.96. The number of fused-ring (bicyclic) bond motifs is 3. The number of thiazole rings is 1. The molecule has 0 bridgehead atoms. The van der Waals surface area contributed by atoms with Crippen LogP contribution in [0.4, 0.5) is 16.6 Å². The maximum absolute atomic E-state index is 12.6. The largest absolute Gasteiger partial charge is 0.340 e. The minimum Gasteiger partial charge on any atom is -0.340 e. The van der Waals surface area contributed by atoms with Crippen molar-refractivity contribution >= 4 is 67.2 Å². The second kappa shape index (κ2) is 7.70. The number of rotatable bonds is 4. The molecule has 0 unspecified atom stereocenters. The number of aromatic nitrogens is 3. The molecule has 8 heteroatoms. The molecule has 5 rings (SSSR count). The summed E-state index contributed by atoms with van der Waals surface area (Å²) < 4.78 is 0. The molecule has 0 fully saturated rings. The maximum atomic E-state index is 12.6. The van der Waals surface area contributed by atoms with E-state index in [1.54, 1.807) is 30.7 Å². The molecule has 6 nitrogen and oxygen atoms in total. The zero-order chi connectivity index (χ0) is 20.5. The summed E-state index contributed by atoms with van der Waals surface area (Å²) in [6, 6.07) is 14.8. The number of pyridine rings is 2. The van der Waals surface area contributed by atoms with E-state index in [4.69, 9.17) is 16.6 Å². The molecule has 5 aromatic rings. The van der Waals surface area contributed by atoms with Crippen LogP contribution < -0.4 is 10.6 Å². The lowest BCUT2D eigenvalue weighted by Gasteiger charge is -2.12. The Bertz CT molecular complexity index is 1390. The third kappa shape index (κ3) is 3.56. The monoisotopic (exact) mass is 431 g/mol. The van der Waals surface area contributed by atoms with Gasteiger partial charge in [0.15, 0.2) is 5.13 Å². The van der Waals surface area contributed by atoms with E-state index in [0.29, 0.717) is 27.1 Å². The summed E-state index contributed by atoms with van der Waals surface area (Å²) in [6.07, 6.45) is 5.18. The van der Waals surface area contributed by atoms with Crippen LogP contribution in [0.1, 0.15) is 10.4 Å². The summed E-state index contributed by atoms with van der Waals surface area (Å²) in [5, 5.41) is 11.9. The van der Waals surface area contributed by atoms with Crippen LogP contribution in [0.5, 0.6) is 0 Å². The molecule has 0 spiro atoms. The summed E-state index contributed by atoms with van der Waals surface area (Å²) in [6.45, 7) is 0. The summed E-state index contributed by atoms with van der Waals surface area (Å²) in [4.78, 5) is 25.8. The number of hydrogen-bond donors (Lipinski definition) is 2. The van der Waals surface area contributed by atoms with Crippen molar-refractivity contribution in [3.8, 4) is 0 Å². The van der Waals surface area contributed by atoms with Gasteiger partial charge in [0.25, 0.3) is 5.91 Å². The van der Waals surface area contributed by atoms with Crippen LogP contribution in [-0.2, 0) is 0 Å². The number of nitrogens with one attached hydrogen (secondary N) is 2. The number of benzene rings is 2. The highest BCUT2D eigenvalue weighted by Crippen LogP contribution is 2.31. The van der Waals surface area contributed by atoms with E-state index >= 15 is 0 Å². The van der Waals surface area contributed by atoms with Gasteiger partial charge in [0, 0.05) is 56.4 Å². The molecule has 2 aromatic carbocycles. The molecule has 0 saturated carbocycles. The highest BCUT2D eigenvalue weighted by molar-refractivity contribution is 7.13. The van der Waals surface area contributed by atoms with Crippen molar-refractivity contribution in [2.75, 3.05) is 10.6 Å². The average molecular weight is 432 g/mol. The molecule has 1 amide bonds. The fourth-order valence-electron chi connectivity index (χ4n) is 3.24. The molecule has 3 aromatic heterocycles. The molecule has 0 aliphatic rings. The highest BCUT2D eigenvalue weighted by Gasteiger charge is 2.13. The minimum atomic E-state index is -0.232. The van der Waals surface area contributed by atoms with Crippen LogP contribution in [-0.4, -0.2) is 20.9 Å². The van der Waals surface area contributed by atoms with E-state index < -0.39 is 0 Å². The molecular weight excluding hydrogens is 418 g/mol. The molecule has 0 aliphatic heterocycles. The van der Waals surface area contributed by atoms with Crippen LogP contribution >= 0.6 is 22.9 Å². The fraction of sp³-hybridized carbons (Fsp3) is 0. The van der Waals surface area contributed by atoms with Gasteiger partial charge in [0.2, 0.25) is 0 Å². The molecule has 146 valence electrons. The van der Waals surface area contributed by atoms with Crippen LogP contribution in [0, 0.1) is 0 Å². The highest BCUT2D eigenvalue weighted by atomic mass is 35.5. The van der Waals surface area contributed by atoms with Crippen LogP contribution in [0.3, 0.4) is 0 Å². The third-order valence-corrected chi connectivity index (χ3v) is 5.52. The van der Waals surface area contributed by atoms with Gasteiger partial charge < -0.3 is 5.32 Å². The average Bonchev–Trinajstić information content (AvgIpc) is 3.26. The first-order chi connectivity index (χ1) is 14.7. The van der Waals surface area contributed by atoms with E-state index in [0.717, 1.165) is 21.8 Å². The smallest absolute Gasteiger partial charge is 0.257 e. The summed E-state index contributed by atoms with van der Waals surface area (Å²) in [7, 11) is 0. The molecule has 0 radical (unpaired) electrons. The molecule has 0 aliphatic carbocycles. The van der Waals surface area contributed by atoms with Crippen molar-refractivity contribution in [1.82, 2.24) is 15.0 Å². The van der Waals surface area contributed by atoms with Gasteiger partial charge in [-0.15, -0.1) is 11.3 Å². The molecule has 30 heavy (non-hydrogen) atoms. The standard InChI is InChI=1S/C22H14ClN5OS/c23-14-2-1-3-15(11-14)26-20-17-6-7-24-12-18(17)16-5-4-13(10-19(16)27-20)21(29)28-22-25-8-9-30-22/h1-12H,(H,26,27)(H,25,28,29). The van der Waals surface area contributed by atoms with Crippen molar-refractivity contribution in [3.05, 3.63) is 83.1 Å². The van der Waals surface area contributed by atoms with Gasteiger partial charge in [0.05, 0.1) is 5.52 Å². The van der Waals surface area contributed by atoms with Gasteiger partial charge in [-0.05, 0) is 36.4 Å². The van der Waals surface area contributed by atoms with Gasteiger partial charge in [0.1, 0.15) is 5.82 Å². The van der Waals surface area contributed by atoms with E-state index in [1.807, 2.05) is 41.8 Å². The quantitative estimate of drug-likeness (QED) is 0.347. The van der Waals surface area contributed by atoms with E-state index in [9.17, 15) is 4.79 Å². The summed E-state index contributed by atoms with van der Waals surface area (Å²) in [5.74, 6) is 0.434. The predicted molar refractivity (Wildman–Crippen MR) is 122 cm³/mol. The van der Waals surface area contributed by atoms with E-state index in [1.165, 1.54) is 11.3 Å². The van der Waals surface area contributed by atoms with Gasteiger partial charge in [-0.2, -0.15) is 0 Å². The minimum absolute atomic E-state index is 0.232. The van der Waals surface area contributed by atoms with E-state index in [2.05, 4.69) is 20.6 Å². The van der Waals surface area contributed by atoms with Crippen molar-refractivity contribution in [2.24, 2.45) is 0 Å². The van der Waals surface area contributed by atoms with Crippen LogP contribution in [0.15, 0.2) is 72.5 Å². The molecule has 0 saturated heterocycles. The first-order valence-corrected chi connectivity index (χ1v) is 10.3. The lowest BCUT2D eigenvalue weighted by molar-refractivity contribution is 0.102. The van der Waals surface area contributed by atoms with Crippen molar-refractivity contribution < 1.29 is 4.79 Å². The van der Waals surface area contributed by atoms with E-state index in [-0.39, 0.29) is 5.91 Å². The Kier molecular flexibility index (Phi) is 4.74. The number of carbonyl (C=O) groups excluding carboxylic acids is 1. The van der Waals surface area contributed by atoms with Gasteiger partial charge in [-0.3, -0.25) is 15.1 Å². The third-order valence-electron chi connectivity index (χ3n) is 4.60. The summed E-state index contributed by atoms with van der Waals surface area (Å²) in [5.41, 5.74) is 2.01. The Morgan fingerprint density at radius 3 is 2.77 bits per heavy atom. The van der Waals surface area contributed by atoms with Crippen molar-refractivity contribution in [3.63, 3.8) is 0 Å². The van der Waals surface area contributed by atoms with Crippen molar-refractivity contribution in [2.45, 2.75) is 0 Å². The molecule has 2 N–H and O–H groups in total. The topological polar surface area (TPSA) is 79.8 Å². The lowest BCUT2D eigenvalue weighted by atomic mass is 10.1. The van der Waals surface area contributed by atoms with Gasteiger partial charge >= 0.3 is 0 Å². The second-order valence-electron chi connectivity index (χ2n) is 6.54. The number of hydrogen-bond acceptors (Lipinski definition) is 6. The first-order valence-electron chi connectivity index (χ1n) is 9.08. The van der Waals surface area contributed by atoms with Gasteiger partial charge in [-0.25, -0.2) is 9.97 Å². The molecular formula is C22H14ClN5OS. The van der Waals surface area contributed by atoms with Crippen LogP contribution in [0.2, 0.25) is 5.02 Å². The number of halogens is 1. The van der Waals surface area contributed by atoms with Crippen LogP contribution in [0.25, 0.3) is 21.7 Å². The number of nitrogens with zero attached hydrogens (tertiary/aromatic N) is 3. The normalized spacial score (nSPS) is 11.0. The Morgan fingerprint density at radius 1 is 1.00 bits per heavy atom. The Morgan fingerprint density at radius 2 is 1.93 bits per heavy atom. The Hall–Kier alpha value is -3.55. The molecule has 0 atom stereocenters. The molecule has 3 heterocycles. The Labute approximate surface area is 180 Å². The number of anilines is 3. The number of amides is 1. The zero-order valence-corrected chi connectivity index (χ0v) is 17.0. The second-order valence-corrected chi connectivity index (χ2v) is 7.87. The SMILES string of the molecule is O=C(Nc1nccs1)c1ccc2c(c1)nc(Nc1cccc(Cl)c1)c1ccncc12. The predicted octanol–water partition coefficient (Wildman–Crippen LogP) is 5.89. The maximum Gasteiger partial charge on any atom is 0.257 e. The van der Waals surface area contributed by atoms with Gasteiger partial charge in [-0.1, -0.05) is 23.7 Å². The lowest BCUT2D eigenvalue weighted by Crippen LogP contribution is -2.11. The zero-order valence-electron chi connectivity index (χ0n) is 15.5. The number of carbonyl (C=O) groups is 1. The summed E-state index contributed by atoms with van der Waals surface area (Å²) >= 11 is 7.49. The van der Waals surface area contributed by atoms with Crippen molar-refractivity contribution in [1.29, 1.82) is 0 Å².